The van der Waals surface area contributed by atoms with Crippen molar-refractivity contribution in [2.75, 3.05) is 0 Å². The molecular formula is C26H45NO5Si. The molecule has 0 unspecified atom stereocenters. The summed E-state index contributed by atoms with van der Waals surface area (Å²) >= 11 is 0. The van der Waals surface area contributed by atoms with E-state index in [4.69, 9.17) is 9.16 Å². The number of amides is 1. The van der Waals surface area contributed by atoms with Crippen LogP contribution in [0.25, 0.3) is 0 Å². The third-order valence-electron chi connectivity index (χ3n) is 6.25. The topological polar surface area (TPSA) is 84.9 Å². The lowest BCUT2D eigenvalue weighted by Crippen LogP contribution is -2.55. The van der Waals surface area contributed by atoms with Gasteiger partial charge in [0.2, 0.25) is 0 Å². The van der Waals surface area contributed by atoms with Crippen molar-refractivity contribution >= 4 is 20.4 Å². The zero-order chi connectivity index (χ0) is 25.6. The van der Waals surface area contributed by atoms with Crippen LogP contribution in [0, 0.1) is 11.8 Å². The SMILES string of the molecule is CC(C)[C@H](NC(=O)OC(C)(C)C)[C@H](C[C@H](Cc1ccccc1)C(=O)O)O[Si](C)(C)C(C)(C)C. The Balaban J connectivity index is 3.28. The van der Waals surface area contributed by atoms with Gasteiger partial charge in [-0.3, -0.25) is 4.79 Å². The number of carboxylic acids is 1. The lowest BCUT2D eigenvalue weighted by atomic mass is 9.88. The van der Waals surface area contributed by atoms with Crippen LogP contribution in [-0.2, 0) is 20.4 Å². The maximum Gasteiger partial charge on any atom is 0.407 e. The molecule has 0 aliphatic heterocycles. The summed E-state index contributed by atoms with van der Waals surface area (Å²) < 4.78 is 12.3. The number of nitrogens with one attached hydrogen (secondary N) is 1. The first kappa shape index (κ1) is 29.2. The van der Waals surface area contributed by atoms with Gasteiger partial charge in [-0.05, 0) is 63.2 Å². The van der Waals surface area contributed by atoms with Gasteiger partial charge in [-0.25, -0.2) is 4.79 Å². The van der Waals surface area contributed by atoms with E-state index in [0.717, 1.165) is 5.56 Å². The average Bonchev–Trinajstić information content (AvgIpc) is 2.63. The Morgan fingerprint density at radius 2 is 1.58 bits per heavy atom. The number of alkyl carbamates (subject to hydrolysis) is 1. The van der Waals surface area contributed by atoms with Crippen LogP contribution in [0.5, 0.6) is 0 Å². The molecular weight excluding hydrogens is 434 g/mol. The van der Waals surface area contributed by atoms with E-state index < -0.39 is 38.0 Å². The fourth-order valence-electron chi connectivity index (χ4n) is 3.41. The third kappa shape index (κ3) is 9.88. The molecule has 0 saturated carbocycles. The van der Waals surface area contributed by atoms with E-state index in [1.807, 2.05) is 65.0 Å². The number of carbonyl (C=O) groups is 2. The molecule has 33 heavy (non-hydrogen) atoms. The molecule has 2 N–H and O–H groups in total. The van der Waals surface area contributed by atoms with Gasteiger partial charge in [0.1, 0.15) is 5.60 Å². The predicted molar refractivity (Wildman–Crippen MR) is 136 cm³/mol. The summed E-state index contributed by atoms with van der Waals surface area (Å²) in [6.45, 7) is 20.2. The number of carboxylic acid groups (broad SMARTS) is 1. The summed E-state index contributed by atoms with van der Waals surface area (Å²) in [5, 5.41) is 13.0. The predicted octanol–water partition coefficient (Wildman–Crippen LogP) is 6.26. The third-order valence-corrected chi connectivity index (χ3v) is 10.7. The van der Waals surface area contributed by atoms with E-state index >= 15 is 0 Å². The van der Waals surface area contributed by atoms with Crippen molar-refractivity contribution in [3.8, 4) is 0 Å². The summed E-state index contributed by atoms with van der Waals surface area (Å²) in [7, 11) is -2.25. The van der Waals surface area contributed by atoms with Crippen molar-refractivity contribution in [2.24, 2.45) is 11.8 Å². The van der Waals surface area contributed by atoms with E-state index in [9.17, 15) is 14.7 Å². The van der Waals surface area contributed by atoms with Gasteiger partial charge < -0.3 is 19.6 Å². The van der Waals surface area contributed by atoms with E-state index in [1.165, 1.54) is 0 Å². The second kappa shape index (κ2) is 11.5. The second-order valence-electron chi connectivity index (χ2n) is 11.8. The molecule has 188 valence electrons. The first-order valence-corrected chi connectivity index (χ1v) is 14.8. The second-order valence-corrected chi connectivity index (χ2v) is 16.5. The largest absolute Gasteiger partial charge is 0.481 e. The van der Waals surface area contributed by atoms with Crippen LogP contribution in [0.15, 0.2) is 30.3 Å². The van der Waals surface area contributed by atoms with Crippen molar-refractivity contribution in [2.45, 2.75) is 104 Å². The van der Waals surface area contributed by atoms with Gasteiger partial charge in [-0.2, -0.15) is 0 Å². The van der Waals surface area contributed by atoms with Crippen molar-refractivity contribution in [3.05, 3.63) is 35.9 Å². The Bertz CT molecular complexity index is 765. The van der Waals surface area contributed by atoms with Crippen molar-refractivity contribution < 1.29 is 23.9 Å². The number of hydrogen-bond acceptors (Lipinski definition) is 4. The minimum Gasteiger partial charge on any atom is -0.481 e. The molecule has 0 aliphatic rings. The maximum atomic E-state index is 12.7. The van der Waals surface area contributed by atoms with Crippen LogP contribution in [0.1, 0.15) is 67.4 Å². The van der Waals surface area contributed by atoms with Gasteiger partial charge in [-0.1, -0.05) is 65.0 Å². The molecule has 0 spiro atoms. The lowest BCUT2D eigenvalue weighted by molar-refractivity contribution is -0.142. The van der Waals surface area contributed by atoms with Crippen molar-refractivity contribution in [1.29, 1.82) is 0 Å². The molecule has 0 saturated heterocycles. The molecule has 0 fully saturated rings. The van der Waals surface area contributed by atoms with E-state index in [1.54, 1.807) is 0 Å². The lowest BCUT2D eigenvalue weighted by Gasteiger charge is -2.43. The Hall–Kier alpha value is -1.86. The highest BCUT2D eigenvalue weighted by molar-refractivity contribution is 6.74. The highest BCUT2D eigenvalue weighted by Crippen LogP contribution is 2.39. The standard InChI is InChI=1S/C26H45NO5Si/c1-18(2)22(27-24(30)31-25(3,4)5)21(32-33(9,10)26(6,7)8)17-20(23(28)29)16-19-14-12-11-13-15-19/h11-15,18,20-22H,16-17H2,1-10H3,(H,27,30)(H,28,29)/t20-,21-,22-/m0/s1. The molecule has 3 atom stereocenters. The number of aliphatic carboxylic acids is 1. The number of hydrogen-bond donors (Lipinski definition) is 2. The van der Waals surface area contributed by atoms with Crippen LogP contribution >= 0.6 is 0 Å². The summed E-state index contributed by atoms with van der Waals surface area (Å²) in [6.07, 6.45) is -0.261. The van der Waals surface area contributed by atoms with Crippen molar-refractivity contribution in [1.82, 2.24) is 5.32 Å². The van der Waals surface area contributed by atoms with Crippen LogP contribution < -0.4 is 5.32 Å². The van der Waals surface area contributed by atoms with Gasteiger partial charge in [0.05, 0.1) is 18.1 Å². The van der Waals surface area contributed by atoms with E-state index in [0.29, 0.717) is 12.8 Å². The zero-order valence-electron chi connectivity index (χ0n) is 22.2. The van der Waals surface area contributed by atoms with E-state index in [2.05, 4.69) is 39.2 Å². The molecule has 0 heterocycles. The smallest absolute Gasteiger partial charge is 0.407 e. The van der Waals surface area contributed by atoms with Gasteiger partial charge in [0.15, 0.2) is 8.32 Å². The zero-order valence-corrected chi connectivity index (χ0v) is 23.2. The Kier molecular flexibility index (Phi) is 10.2. The molecule has 0 radical (unpaired) electrons. The molecule has 7 heteroatoms. The first-order chi connectivity index (χ1) is 14.9. The van der Waals surface area contributed by atoms with E-state index in [-0.39, 0.29) is 17.0 Å². The highest BCUT2D eigenvalue weighted by atomic mass is 28.4. The molecule has 0 bridgehead atoms. The van der Waals surface area contributed by atoms with Gasteiger partial charge in [0.25, 0.3) is 0 Å². The molecule has 1 amide bonds. The van der Waals surface area contributed by atoms with Gasteiger partial charge >= 0.3 is 12.1 Å². The average molecular weight is 480 g/mol. The molecule has 0 aromatic heterocycles. The molecule has 1 rings (SSSR count). The number of rotatable bonds is 10. The summed E-state index contributed by atoms with van der Waals surface area (Å²) in [4.78, 5) is 24.9. The first-order valence-electron chi connectivity index (χ1n) is 11.9. The minimum atomic E-state index is -2.25. The van der Waals surface area contributed by atoms with Crippen LogP contribution in [-0.4, -0.2) is 43.2 Å². The van der Waals surface area contributed by atoms with Crippen LogP contribution in [0.4, 0.5) is 4.79 Å². The monoisotopic (exact) mass is 479 g/mol. The van der Waals surface area contributed by atoms with Gasteiger partial charge in [-0.15, -0.1) is 0 Å². The number of benzene rings is 1. The molecule has 1 aromatic rings. The fraction of sp³-hybridized carbons (Fsp3) is 0.692. The molecule has 1 aromatic carbocycles. The fourth-order valence-corrected chi connectivity index (χ4v) is 4.76. The summed E-state index contributed by atoms with van der Waals surface area (Å²) in [5.74, 6) is -1.47. The minimum absolute atomic E-state index is 0.0263. The molecule has 6 nitrogen and oxygen atoms in total. The summed E-state index contributed by atoms with van der Waals surface area (Å²) in [6, 6.07) is 9.25. The maximum absolute atomic E-state index is 12.7. The Morgan fingerprint density at radius 3 is 2.00 bits per heavy atom. The van der Waals surface area contributed by atoms with Crippen molar-refractivity contribution in [3.63, 3.8) is 0 Å². The molecule has 0 aliphatic carbocycles. The number of carbonyl (C=O) groups excluding carboxylic acids is 1. The Morgan fingerprint density at radius 1 is 1.03 bits per heavy atom. The van der Waals surface area contributed by atoms with Crippen LogP contribution in [0.2, 0.25) is 18.1 Å². The highest BCUT2D eigenvalue weighted by Gasteiger charge is 2.43. The van der Waals surface area contributed by atoms with Gasteiger partial charge in [0, 0.05) is 0 Å². The summed E-state index contributed by atoms with van der Waals surface area (Å²) in [5.41, 5.74) is 0.343. The normalized spacial score (nSPS) is 15.6. The Labute approximate surface area is 201 Å². The number of ether oxygens (including phenoxy) is 1. The quantitative estimate of drug-likeness (QED) is 0.387. The van der Waals surface area contributed by atoms with Crippen LogP contribution in [0.3, 0.4) is 0 Å².